The van der Waals surface area contributed by atoms with E-state index >= 15 is 0 Å². The van der Waals surface area contributed by atoms with Crippen molar-refractivity contribution >= 4 is 51.7 Å². The molecule has 2 heterocycles. The zero-order valence-electron chi connectivity index (χ0n) is 15.2. The predicted molar refractivity (Wildman–Crippen MR) is 124 cm³/mol. The molecular formula is C23H15ClN2OS2. The van der Waals surface area contributed by atoms with E-state index < -0.39 is 0 Å². The Balaban J connectivity index is 1.94. The molecule has 29 heavy (non-hydrogen) atoms. The number of hydrogen-bond donors (Lipinski definition) is 0. The minimum atomic E-state index is -0.0505. The van der Waals surface area contributed by atoms with Crippen LogP contribution >= 0.6 is 35.2 Å². The second-order valence-electron chi connectivity index (χ2n) is 6.72. The largest absolute Gasteiger partial charge is 0.288 e. The molecule has 0 fully saturated rings. The first-order valence-electron chi connectivity index (χ1n) is 9.11. The Kier molecular flexibility index (Phi) is 4.59. The fraction of sp³-hybridized carbons (Fsp3) is 0.0435. The van der Waals surface area contributed by atoms with Gasteiger partial charge in [-0.05, 0) is 41.5 Å². The van der Waals surface area contributed by atoms with E-state index in [2.05, 4.69) is 0 Å². The van der Waals surface area contributed by atoms with Crippen LogP contribution in [0.4, 0.5) is 0 Å². The Morgan fingerprint density at radius 1 is 0.897 bits per heavy atom. The van der Waals surface area contributed by atoms with Crippen LogP contribution in [0.5, 0.6) is 0 Å². The maximum Gasteiger partial charge on any atom is 0.261 e. The average Bonchev–Trinajstić information content (AvgIpc) is 3.10. The van der Waals surface area contributed by atoms with Gasteiger partial charge in [0.25, 0.3) is 5.56 Å². The highest BCUT2D eigenvalue weighted by Crippen LogP contribution is 2.33. The van der Waals surface area contributed by atoms with Crippen LogP contribution in [-0.2, 0) is 6.54 Å². The predicted octanol–water partition coefficient (Wildman–Crippen LogP) is 6.41. The Morgan fingerprint density at radius 2 is 1.59 bits per heavy atom. The highest BCUT2D eigenvalue weighted by atomic mass is 35.5. The average molecular weight is 435 g/mol. The quantitative estimate of drug-likeness (QED) is 0.306. The highest BCUT2D eigenvalue weighted by molar-refractivity contribution is 7.73. The molecule has 0 atom stereocenters. The van der Waals surface area contributed by atoms with E-state index in [1.54, 1.807) is 4.57 Å². The summed E-state index contributed by atoms with van der Waals surface area (Å²) in [5.74, 6) is 0. The molecule has 0 radical (unpaired) electrons. The molecule has 2 aromatic heterocycles. The van der Waals surface area contributed by atoms with Crippen molar-refractivity contribution in [1.29, 1.82) is 0 Å². The van der Waals surface area contributed by atoms with Crippen molar-refractivity contribution in [2.45, 2.75) is 6.54 Å². The number of fused-ring (bicyclic) bond motifs is 3. The normalized spacial score (nSPS) is 11.3. The summed E-state index contributed by atoms with van der Waals surface area (Å²) in [6.07, 6.45) is 0. The molecule has 0 bridgehead atoms. The van der Waals surface area contributed by atoms with Gasteiger partial charge in [-0.15, -0.1) is 11.3 Å². The minimum absolute atomic E-state index is 0.0505. The monoisotopic (exact) mass is 434 g/mol. The van der Waals surface area contributed by atoms with E-state index in [1.165, 1.54) is 11.3 Å². The van der Waals surface area contributed by atoms with Gasteiger partial charge in [0, 0.05) is 5.02 Å². The van der Waals surface area contributed by atoms with E-state index in [1.807, 2.05) is 83.3 Å². The topological polar surface area (TPSA) is 26.4 Å². The SMILES string of the molecule is O=c1c2ccccc2n2c(=S)sc(-c3ccccc3)c2n1Cc1ccccc1Cl. The number of benzene rings is 3. The molecule has 142 valence electrons. The fourth-order valence-corrected chi connectivity index (χ4v) is 5.26. The number of nitrogens with zero attached hydrogens (tertiary/aromatic N) is 2. The molecule has 0 amide bonds. The van der Waals surface area contributed by atoms with Gasteiger partial charge >= 0.3 is 0 Å². The summed E-state index contributed by atoms with van der Waals surface area (Å²) in [7, 11) is 0. The summed E-state index contributed by atoms with van der Waals surface area (Å²) < 4.78 is 4.51. The van der Waals surface area contributed by atoms with E-state index in [9.17, 15) is 4.79 Å². The van der Waals surface area contributed by atoms with Crippen LogP contribution < -0.4 is 5.56 Å². The first kappa shape index (κ1) is 18.3. The Hall–Kier alpha value is -2.73. The van der Waals surface area contributed by atoms with E-state index in [-0.39, 0.29) is 5.56 Å². The molecule has 3 aromatic carbocycles. The van der Waals surface area contributed by atoms with Crippen LogP contribution in [0.3, 0.4) is 0 Å². The lowest BCUT2D eigenvalue weighted by molar-refractivity contribution is 0.781. The maximum absolute atomic E-state index is 13.5. The van der Waals surface area contributed by atoms with Gasteiger partial charge in [0.15, 0.2) is 3.95 Å². The second kappa shape index (κ2) is 7.26. The van der Waals surface area contributed by atoms with Crippen LogP contribution in [0.1, 0.15) is 5.56 Å². The first-order chi connectivity index (χ1) is 14.1. The highest BCUT2D eigenvalue weighted by Gasteiger charge is 2.18. The number of aromatic nitrogens is 2. The van der Waals surface area contributed by atoms with Gasteiger partial charge in [0.2, 0.25) is 0 Å². The maximum atomic E-state index is 13.5. The summed E-state index contributed by atoms with van der Waals surface area (Å²) >= 11 is 13.7. The van der Waals surface area contributed by atoms with Crippen LogP contribution in [0, 0.1) is 3.95 Å². The van der Waals surface area contributed by atoms with E-state index in [0.29, 0.717) is 20.9 Å². The van der Waals surface area contributed by atoms with E-state index in [4.69, 9.17) is 23.8 Å². The molecule has 0 unspecified atom stereocenters. The molecule has 0 aliphatic heterocycles. The molecule has 0 aliphatic rings. The summed E-state index contributed by atoms with van der Waals surface area (Å²) in [6.45, 7) is 0.373. The fourth-order valence-electron chi connectivity index (χ4n) is 3.63. The molecular weight excluding hydrogens is 420 g/mol. The molecule has 0 saturated carbocycles. The van der Waals surface area contributed by atoms with Gasteiger partial charge in [0.1, 0.15) is 5.65 Å². The molecule has 0 N–H and O–H groups in total. The lowest BCUT2D eigenvalue weighted by Gasteiger charge is -2.14. The van der Waals surface area contributed by atoms with Crippen molar-refractivity contribution in [2.75, 3.05) is 0 Å². The summed E-state index contributed by atoms with van der Waals surface area (Å²) in [5.41, 5.74) is 3.50. The Labute approximate surface area is 181 Å². The van der Waals surface area contributed by atoms with Crippen LogP contribution in [0.2, 0.25) is 5.02 Å². The third-order valence-electron chi connectivity index (χ3n) is 4.99. The summed E-state index contributed by atoms with van der Waals surface area (Å²) in [4.78, 5) is 14.5. The standard InChI is InChI=1S/C23H15ClN2OS2/c24-18-12-6-4-10-16(18)14-25-21-20(15-8-2-1-3-9-15)29-23(28)26(21)19-13-7-5-11-17(19)22(25)27/h1-13H,14H2. The number of halogens is 1. The number of para-hydroxylation sites is 1. The Bertz CT molecular complexity index is 1480. The summed E-state index contributed by atoms with van der Waals surface area (Å²) in [5, 5.41) is 1.28. The van der Waals surface area contributed by atoms with Crippen molar-refractivity contribution in [2.24, 2.45) is 0 Å². The first-order valence-corrected chi connectivity index (χ1v) is 10.7. The van der Waals surface area contributed by atoms with Gasteiger partial charge < -0.3 is 0 Å². The summed E-state index contributed by atoms with van der Waals surface area (Å²) in [6, 6.07) is 25.3. The Morgan fingerprint density at radius 3 is 2.38 bits per heavy atom. The smallest absolute Gasteiger partial charge is 0.261 e. The minimum Gasteiger partial charge on any atom is -0.288 e. The van der Waals surface area contributed by atoms with Crippen molar-refractivity contribution in [1.82, 2.24) is 8.97 Å². The van der Waals surface area contributed by atoms with Crippen molar-refractivity contribution in [3.05, 3.63) is 104 Å². The number of thiazole rings is 1. The third-order valence-corrected chi connectivity index (χ3v) is 6.77. The van der Waals surface area contributed by atoms with Crippen LogP contribution in [0.25, 0.3) is 27.0 Å². The number of hydrogen-bond acceptors (Lipinski definition) is 3. The zero-order valence-corrected chi connectivity index (χ0v) is 17.6. The van der Waals surface area contributed by atoms with Crippen molar-refractivity contribution < 1.29 is 0 Å². The lowest BCUT2D eigenvalue weighted by atomic mass is 10.1. The molecule has 0 aliphatic carbocycles. The molecule has 5 rings (SSSR count). The van der Waals surface area contributed by atoms with Crippen LogP contribution in [-0.4, -0.2) is 8.97 Å². The van der Waals surface area contributed by atoms with Crippen molar-refractivity contribution in [3.63, 3.8) is 0 Å². The van der Waals surface area contributed by atoms with Gasteiger partial charge in [-0.1, -0.05) is 72.3 Å². The molecule has 0 spiro atoms. The lowest BCUT2D eigenvalue weighted by Crippen LogP contribution is -2.23. The molecule has 6 heteroatoms. The second-order valence-corrected chi connectivity index (χ2v) is 8.77. The van der Waals surface area contributed by atoms with Gasteiger partial charge in [-0.25, -0.2) is 0 Å². The molecule has 0 saturated heterocycles. The van der Waals surface area contributed by atoms with Gasteiger partial charge in [-0.3, -0.25) is 13.8 Å². The van der Waals surface area contributed by atoms with Crippen LogP contribution in [0.15, 0.2) is 83.7 Å². The molecule has 3 nitrogen and oxygen atoms in total. The van der Waals surface area contributed by atoms with Gasteiger partial charge in [0.05, 0.1) is 22.3 Å². The zero-order chi connectivity index (χ0) is 20.0. The van der Waals surface area contributed by atoms with Crippen molar-refractivity contribution in [3.8, 4) is 10.4 Å². The number of rotatable bonds is 3. The van der Waals surface area contributed by atoms with Gasteiger partial charge in [-0.2, -0.15) is 0 Å². The molecule has 5 aromatic rings. The third kappa shape index (κ3) is 3.02. The van der Waals surface area contributed by atoms with E-state index in [0.717, 1.165) is 27.2 Å².